The Morgan fingerprint density at radius 3 is 2.46 bits per heavy atom. The standard InChI is InChI=1S/C25H30F2N6O2.2ClH/c1-4-29-7-8-30-24(34)15-32(23-11-19(12-28)22(27)9-17(23)2)16-25(35)31(3)33-13-18-5-6-21(26)10-20(18)14-33;;/h5-6,9-11,29H,4,7-8,13-16H2,1-3H3,(H,30,34);2*1H. The number of hydrogen-bond acceptors (Lipinski definition) is 6. The van der Waals surface area contributed by atoms with E-state index in [9.17, 15) is 23.6 Å². The van der Waals surface area contributed by atoms with Gasteiger partial charge in [0.1, 0.15) is 17.7 Å². The highest BCUT2D eigenvalue weighted by atomic mass is 35.5. The van der Waals surface area contributed by atoms with E-state index in [1.54, 1.807) is 29.9 Å². The first kappa shape index (κ1) is 32.1. The zero-order valence-electron chi connectivity index (χ0n) is 21.0. The molecular formula is C25H32Cl2F2N6O2. The van der Waals surface area contributed by atoms with Crippen LogP contribution in [0, 0.1) is 29.9 Å². The Kier molecular flexibility index (Phi) is 12.7. The number of rotatable bonds is 10. The summed E-state index contributed by atoms with van der Waals surface area (Å²) in [6.07, 6.45) is 0. The molecule has 3 rings (SSSR count). The molecule has 0 fully saturated rings. The van der Waals surface area contributed by atoms with E-state index in [0.29, 0.717) is 37.4 Å². The molecule has 2 aromatic carbocycles. The number of anilines is 1. The highest BCUT2D eigenvalue weighted by Crippen LogP contribution is 2.26. The molecule has 1 heterocycles. The van der Waals surface area contributed by atoms with E-state index in [-0.39, 0.29) is 61.1 Å². The molecule has 0 aliphatic carbocycles. The number of carbonyl (C=O) groups is 2. The topological polar surface area (TPSA) is 91.7 Å². The lowest BCUT2D eigenvalue weighted by atomic mass is 10.1. The lowest BCUT2D eigenvalue weighted by Gasteiger charge is -2.32. The van der Waals surface area contributed by atoms with Crippen molar-refractivity contribution in [1.82, 2.24) is 20.7 Å². The van der Waals surface area contributed by atoms with Gasteiger partial charge in [0.05, 0.1) is 18.7 Å². The molecule has 2 amide bonds. The SMILES string of the molecule is CCNCCNC(=O)CN(CC(=O)N(C)N1Cc2ccc(F)cc2C1)c1cc(C#N)c(F)cc1C.Cl.Cl. The molecule has 2 N–H and O–H groups in total. The van der Waals surface area contributed by atoms with Gasteiger partial charge in [0.2, 0.25) is 5.91 Å². The minimum absolute atomic E-state index is 0. The van der Waals surface area contributed by atoms with E-state index in [1.165, 1.54) is 29.3 Å². The predicted molar refractivity (Wildman–Crippen MR) is 143 cm³/mol. The normalized spacial score (nSPS) is 12.0. The van der Waals surface area contributed by atoms with E-state index in [2.05, 4.69) is 10.6 Å². The minimum Gasteiger partial charge on any atom is -0.353 e. The number of hydrogen-bond donors (Lipinski definition) is 2. The van der Waals surface area contributed by atoms with Gasteiger partial charge in [0, 0.05) is 38.9 Å². The van der Waals surface area contributed by atoms with E-state index in [0.717, 1.165) is 17.7 Å². The summed E-state index contributed by atoms with van der Waals surface area (Å²) in [7, 11) is 1.62. The molecule has 8 nitrogen and oxygen atoms in total. The van der Waals surface area contributed by atoms with E-state index in [4.69, 9.17) is 0 Å². The van der Waals surface area contributed by atoms with Crippen LogP contribution in [-0.4, -0.2) is 61.6 Å². The van der Waals surface area contributed by atoms with Crippen LogP contribution in [0.4, 0.5) is 14.5 Å². The van der Waals surface area contributed by atoms with Crippen molar-refractivity contribution in [2.45, 2.75) is 26.9 Å². The summed E-state index contributed by atoms with van der Waals surface area (Å²) in [5.74, 6) is -1.59. The van der Waals surface area contributed by atoms with Crippen molar-refractivity contribution >= 4 is 42.3 Å². The number of likely N-dealkylation sites (N-methyl/N-ethyl adjacent to an activating group) is 2. The summed E-state index contributed by atoms with van der Waals surface area (Å²) in [5, 5.41) is 18.4. The average Bonchev–Trinajstić information content (AvgIpc) is 3.24. The van der Waals surface area contributed by atoms with Crippen molar-refractivity contribution in [3.05, 3.63) is 64.2 Å². The van der Waals surface area contributed by atoms with Gasteiger partial charge in [-0.3, -0.25) is 14.6 Å². The molecule has 1 aliphatic heterocycles. The summed E-state index contributed by atoms with van der Waals surface area (Å²) in [4.78, 5) is 27.4. The van der Waals surface area contributed by atoms with Gasteiger partial charge in [0.25, 0.3) is 5.91 Å². The van der Waals surface area contributed by atoms with Crippen LogP contribution in [0.2, 0.25) is 0 Å². The molecule has 0 atom stereocenters. The smallest absolute Gasteiger partial charge is 0.256 e. The highest BCUT2D eigenvalue weighted by Gasteiger charge is 2.27. The van der Waals surface area contributed by atoms with Gasteiger partial charge < -0.3 is 15.5 Å². The van der Waals surface area contributed by atoms with Crippen LogP contribution in [0.1, 0.15) is 29.2 Å². The van der Waals surface area contributed by atoms with E-state index >= 15 is 0 Å². The molecular weight excluding hydrogens is 525 g/mol. The van der Waals surface area contributed by atoms with Crippen molar-refractivity contribution in [3.8, 4) is 6.07 Å². The van der Waals surface area contributed by atoms with Crippen LogP contribution < -0.4 is 15.5 Å². The fourth-order valence-corrected chi connectivity index (χ4v) is 3.99. The molecule has 12 heteroatoms. The molecule has 0 spiro atoms. The van der Waals surface area contributed by atoms with E-state index < -0.39 is 5.82 Å². The number of carbonyl (C=O) groups excluding carboxylic acids is 2. The molecule has 0 aromatic heterocycles. The van der Waals surface area contributed by atoms with Crippen molar-refractivity contribution in [1.29, 1.82) is 5.26 Å². The maximum absolute atomic E-state index is 14.1. The van der Waals surface area contributed by atoms with Gasteiger partial charge in [-0.25, -0.2) is 13.8 Å². The zero-order valence-corrected chi connectivity index (χ0v) is 22.6. The Hall–Kier alpha value is -2.97. The third-order valence-corrected chi connectivity index (χ3v) is 5.94. The second-order valence-electron chi connectivity index (χ2n) is 8.44. The Morgan fingerprint density at radius 2 is 1.78 bits per heavy atom. The molecule has 1 aliphatic rings. The second-order valence-corrected chi connectivity index (χ2v) is 8.44. The third-order valence-electron chi connectivity index (χ3n) is 5.94. The number of benzene rings is 2. The molecule has 37 heavy (non-hydrogen) atoms. The van der Waals surface area contributed by atoms with Gasteiger partial charge >= 0.3 is 0 Å². The first-order valence-corrected chi connectivity index (χ1v) is 11.4. The van der Waals surface area contributed by atoms with Crippen molar-refractivity contribution in [2.24, 2.45) is 0 Å². The monoisotopic (exact) mass is 556 g/mol. The Morgan fingerprint density at radius 1 is 1.08 bits per heavy atom. The van der Waals surface area contributed by atoms with Gasteiger partial charge in [-0.1, -0.05) is 13.0 Å². The summed E-state index contributed by atoms with van der Waals surface area (Å²) in [6.45, 7) is 5.95. The maximum atomic E-state index is 14.1. The highest BCUT2D eigenvalue weighted by molar-refractivity contribution is 5.87. The largest absolute Gasteiger partial charge is 0.353 e. The molecule has 0 bridgehead atoms. The quantitative estimate of drug-likeness (QED) is 0.437. The van der Waals surface area contributed by atoms with Crippen molar-refractivity contribution < 1.29 is 18.4 Å². The lowest BCUT2D eigenvalue weighted by Crippen LogP contribution is -2.48. The first-order valence-electron chi connectivity index (χ1n) is 11.4. The summed E-state index contributed by atoms with van der Waals surface area (Å²) in [5.41, 5.74) is 2.52. The van der Waals surface area contributed by atoms with Crippen LogP contribution >= 0.6 is 24.8 Å². The number of fused-ring (bicyclic) bond motifs is 1. The molecule has 0 saturated carbocycles. The Labute approximate surface area is 228 Å². The lowest BCUT2D eigenvalue weighted by molar-refractivity contribution is -0.145. The Balaban J connectivity index is 0.00000342. The number of aryl methyl sites for hydroxylation is 1. The first-order chi connectivity index (χ1) is 16.7. The third kappa shape index (κ3) is 8.27. The summed E-state index contributed by atoms with van der Waals surface area (Å²) in [6, 6.07) is 8.96. The predicted octanol–water partition coefficient (Wildman–Crippen LogP) is 2.91. The van der Waals surface area contributed by atoms with Crippen LogP contribution in [0.15, 0.2) is 30.3 Å². The maximum Gasteiger partial charge on any atom is 0.256 e. The fourth-order valence-electron chi connectivity index (χ4n) is 3.99. The molecule has 0 radical (unpaired) electrons. The van der Waals surface area contributed by atoms with Crippen LogP contribution in [0.3, 0.4) is 0 Å². The van der Waals surface area contributed by atoms with Gasteiger partial charge in [0.15, 0.2) is 0 Å². The van der Waals surface area contributed by atoms with Crippen LogP contribution in [-0.2, 0) is 22.7 Å². The molecule has 0 unspecified atom stereocenters. The van der Waals surface area contributed by atoms with Crippen molar-refractivity contribution in [2.75, 3.05) is 44.7 Å². The molecule has 2 aromatic rings. The Bertz CT molecular complexity index is 1140. The summed E-state index contributed by atoms with van der Waals surface area (Å²) < 4.78 is 27.7. The van der Waals surface area contributed by atoms with E-state index in [1.807, 2.05) is 13.0 Å². The van der Waals surface area contributed by atoms with Gasteiger partial charge in [-0.15, -0.1) is 24.8 Å². The van der Waals surface area contributed by atoms with Crippen LogP contribution in [0.5, 0.6) is 0 Å². The second kappa shape index (κ2) is 14.7. The number of nitriles is 1. The average molecular weight is 557 g/mol. The summed E-state index contributed by atoms with van der Waals surface area (Å²) >= 11 is 0. The fraction of sp³-hybridized carbons (Fsp3) is 0.400. The van der Waals surface area contributed by atoms with Gasteiger partial charge in [-0.2, -0.15) is 5.26 Å². The minimum atomic E-state index is -0.658. The molecule has 0 saturated heterocycles. The number of nitrogens with zero attached hydrogens (tertiary/aromatic N) is 4. The zero-order chi connectivity index (χ0) is 25.5. The van der Waals surface area contributed by atoms with Crippen LogP contribution in [0.25, 0.3) is 0 Å². The number of halogens is 4. The number of nitrogens with one attached hydrogen (secondary N) is 2. The number of amides is 2. The van der Waals surface area contributed by atoms with Crippen molar-refractivity contribution in [3.63, 3.8) is 0 Å². The molecule has 202 valence electrons. The number of hydrazine groups is 1. The van der Waals surface area contributed by atoms with Gasteiger partial charge in [-0.05, 0) is 54.4 Å².